The van der Waals surface area contributed by atoms with E-state index in [4.69, 9.17) is 4.74 Å². The third kappa shape index (κ3) is 3.43. The number of hydrogen-bond acceptors (Lipinski definition) is 4. The number of amides is 2. The summed E-state index contributed by atoms with van der Waals surface area (Å²) in [5.41, 5.74) is 2.70. The number of carbonyl (C=O) groups is 2. The molecule has 150 valence electrons. The summed E-state index contributed by atoms with van der Waals surface area (Å²) in [7, 11) is 1.53. The monoisotopic (exact) mass is 402 g/mol. The number of anilines is 2. The molecule has 0 saturated heterocycles. The first-order chi connectivity index (χ1) is 14.5. The van der Waals surface area contributed by atoms with E-state index >= 15 is 0 Å². The number of nitrogens with zero attached hydrogens (tertiary/aromatic N) is 1. The number of rotatable bonds is 5. The zero-order chi connectivity index (χ0) is 21.3. The Labute approximate surface area is 173 Å². The maximum absolute atomic E-state index is 13.5. The van der Waals surface area contributed by atoms with Crippen LogP contribution in [0.4, 0.5) is 15.8 Å². The molecule has 1 aliphatic heterocycles. The van der Waals surface area contributed by atoms with Crippen molar-refractivity contribution in [2.45, 2.75) is 6.92 Å². The molecule has 4 rings (SSSR count). The fourth-order valence-corrected chi connectivity index (χ4v) is 3.40. The van der Waals surface area contributed by atoms with Crippen molar-refractivity contribution in [1.82, 2.24) is 0 Å². The first-order valence-corrected chi connectivity index (χ1v) is 9.35. The molecule has 3 aromatic rings. The van der Waals surface area contributed by atoms with E-state index in [-0.39, 0.29) is 11.3 Å². The van der Waals surface area contributed by atoms with E-state index in [1.807, 2.05) is 19.1 Å². The molecule has 30 heavy (non-hydrogen) atoms. The average molecular weight is 402 g/mol. The van der Waals surface area contributed by atoms with Crippen molar-refractivity contribution in [2.24, 2.45) is 0 Å². The van der Waals surface area contributed by atoms with Crippen LogP contribution in [0.1, 0.15) is 11.1 Å². The minimum absolute atomic E-state index is 0.111. The molecule has 0 fully saturated rings. The summed E-state index contributed by atoms with van der Waals surface area (Å²) in [6.07, 6.45) is 0. The van der Waals surface area contributed by atoms with Crippen molar-refractivity contribution < 1.29 is 18.7 Å². The summed E-state index contributed by atoms with van der Waals surface area (Å²) < 4.78 is 18.9. The predicted octanol–water partition coefficient (Wildman–Crippen LogP) is 4.54. The summed E-state index contributed by atoms with van der Waals surface area (Å²) in [4.78, 5) is 27.7. The first-order valence-electron chi connectivity index (χ1n) is 9.35. The molecule has 5 nitrogen and oxygen atoms in total. The number of imide groups is 1. The summed E-state index contributed by atoms with van der Waals surface area (Å²) in [5, 5.41) is 3.09. The molecule has 3 aromatic carbocycles. The van der Waals surface area contributed by atoms with E-state index in [0.29, 0.717) is 22.7 Å². The Morgan fingerprint density at radius 3 is 2.27 bits per heavy atom. The number of benzene rings is 3. The molecule has 6 heteroatoms. The lowest BCUT2D eigenvalue weighted by Gasteiger charge is -2.16. The van der Waals surface area contributed by atoms with Crippen molar-refractivity contribution >= 4 is 28.8 Å². The van der Waals surface area contributed by atoms with Gasteiger partial charge in [-0.2, -0.15) is 0 Å². The van der Waals surface area contributed by atoms with Crippen LogP contribution in [0.2, 0.25) is 0 Å². The number of ether oxygens (including phenoxy) is 1. The lowest BCUT2D eigenvalue weighted by atomic mass is 10.0. The second kappa shape index (κ2) is 7.83. The number of nitrogens with one attached hydrogen (secondary N) is 1. The van der Waals surface area contributed by atoms with Crippen LogP contribution < -0.4 is 15.0 Å². The Morgan fingerprint density at radius 2 is 1.60 bits per heavy atom. The number of hydrogen-bond donors (Lipinski definition) is 1. The van der Waals surface area contributed by atoms with Crippen LogP contribution in [0.5, 0.6) is 5.75 Å². The van der Waals surface area contributed by atoms with Crippen LogP contribution in [0.15, 0.2) is 78.5 Å². The topological polar surface area (TPSA) is 58.6 Å². The molecular formula is C24H19FN2O3. The normalized spacial score (nSPS) is 13.8. The van der Waals surface area contributed by atoms with Crippen molar-refractivity contribution in [3.8, 4) is 5.75 Å². The number of halogens is 1. The Hall–Kier alpha value is -3.93. The van der Waals surface area contributed by atoms with Crippen molar-refractivity contribution in [1.29, 1.82) is 0 Å². The molecule has 0 aliphatic carbocycles. The van der Waals surface area contributed by atoms with Crippen LogP contribution in [0, 0.1) is 12.7 Å². The SMILES string of the molecule is COc1ccc(C)cc1NC1=C(c2ccc(F)cc2)C(=O)N(c2ccccc2)C1=O. The largest absolute Gasteiger partial charge is 0.495 e. The van der Waals surface area contributed by atoms with Gasteiger partial charge in [0, 0.05) is 0 Å². The highest BCUT2D eigenvalue weighted by Crippen LogP contribution is 2.35. The summed E-state index contributed by atoms with van der Waals surface area (Å²) >= 11 is 0. The van der Waals surface area contributed by atoms with Crippen molar-refractivity contribution in [2.75, 3.05) is 17.3 Å². The van der Waals surface area contributed by atoms with Crippen LogP contribution >= 0.6 is 0 Å². The second-order valence-corrected chi connectivity index (χ2v) is 6.87. The standard InChI is InChI=1S/C24H19FN2O3/c1-15-8-13-20(30-2)19(14-15)26-22-21(16-9-11-17(25)12-10-16)23(28)27(24(22)29)18-6-4-3-5-7-18/h3-14,26H,1-2H3. The zero-order valence-electron chi connectivity index (χ0n) is 16.5. The van der Waals surface area contributed by atoms with Crippen LogP contribution in [0.3, 0.4) is 0 Å². The van der Waals surface area contributed by atoms with Gasteiger partial charge < -0.3 is 10.1 Å². The summed E-state index contributed by atoms with van der Waals surface area (Å²) in [6.45, 7) is 1.91. The van der Waals surface area contributed by atoms with Gasteiger partial charge in [-0.25, -0.2) is 9.29 Å². The Bertz CT molecular complexity index is 1150. The maximum atomic E-state index is 13.5. The van der Waals surface area contributed by atoms with Gasteiger partial charge in [-0.3, -0.25) is 9.59 Å². The summed E-state index contributed by atoms with van der Waals surface area (Å²) in [5.74, 6) is -0.864. The van der Waals surface area contributed by atoms with Gasteiger partial charge in [0.05, 0.1) is 24.1 Å². The third-order valence-electron chi connectivity index (χ3n) is 4.85. The van der Waals surface area contributed by atoms with Gasteiger partial charge in [-0.15, -0.1) is 0 Å². The number of aryl methyl sites for hydroxylation is 1. The lowest BCUT2D eigenvalue weighted by molar-refractivity contribution is -0.120. The Morgan fingerprint density at radius 1 is 0.900 bits per heavy atom. The van der Waals surface area contributed by atoms with E-state index in [1.54, 1.807) is 36.4 Å². The van der Waals surface area contributed by atoms with Crippen LogP contribution in [-0.2, 0) is 9.59 Å². The lowest BCUT2D eigenvalue weighted by Crippen LogP contribution is -2.32. The quantitative estimate of drug-likeness (QED) is 0.637. The molecule has 0 spiro atoms. The van der Waals surface area contributed by atoms with Crippen molar-refractivity contribution in [3.05, 3.63) is 95.4 Å². The summed E-state index contributed by atoms with van der Waals surface area (Å²) in [6, 6.07) is 19.7. The molecule has 1 heterocycles. The van der Waals surface area contributed by atoms with E-state index in [2.05, 4.69) is 5.32 Å². The molecule has 0 unspecified atom stereocenters. The molecule has 1 N–H and O–H groups in total. The molecule has 2 amide bonds. The smallest absolute Gasteiger partial charge is 0.282 e. The molecule has 1 aliphatic rings. The molecule has 0 radical (unpaired) electrons. The zero-order valence-corrected chi connectivity index (χ0v) is 16.5. The molecular weight excluding hydrogens is 383 g/mol. The average Bonchev–Trinajstić information content (AvgIpc) is 2.99. The highest BCUT2D eigenvalue weighted by molar-refractivity contribution is 6.46. The van der Waals surface area contributed by atoms with E-state index in [0.717, 1.165) is 10.5 Å². The van der Waals surface area contributed by atoms with Crippen molar-refractivity contribution in [3.63, 3.8) is 0 Å². The Kier molecular flexibility index (Phi) is 5.06. The molecule has 0 atom stereocenters. The Balaban J connectivity index is 1.85. The fourth-order valence-electron chi connectivity index (χ4n) is 3.40. The third-order valence-corrected chi connectivity index (χ3v) is 4.85. The number of carbonyl (C=O) groups excluding carboxylic acids is 2. The minimum atomic E-state index is -0.492. The van der Waals surface area contributed by atoms with E-state index < -0.39 is 17.6 Å². The maximum Gasteiger partial charge on any atom is 0.282 e. The molecule has 0 bridgehead atoms. The first kappa shape index (κ1) is 19.4. The van der Waals surface area contributed by atoms with E-state index in [9.17, 15) is 14.0 Å². The fraction of sp³-hybridized carbons (Fsp3) is 0.0833. The van der Waals surface area contributed by atoms with E-state index in [1.165, 1.54) is 31.4 Å². The second-order valence-electron chi connectivity index (χ2n) is 6.87. The highest BCUT2D eigenvalue weighted by Gasteiger charge is 2.40. The highest BCUT2D eigenvalue weighted by atomic mass is 19.1. The predicted molar refractivity (Wildman–Crippen MR) is 114 cm³/mol. The van der Waals surface area contributed by atoms with Gasteiger partial charge in [0.2, 0.25) is 0 Å². The molecule has 0 saturated carbocycles. The van der Waals surface area contributed by atoms with Gasteiger partial charge in [-0.1, -0.05) is 36.4 Å². The van der Waals surface area contributed by atoms with Gasteiger partial charge in [0.25, 0.3) is 11.8 Å². The number of methoxy groups -OCH3 is 1. The van der Waals surface area contributed by atoms with Crippen LogP contribution in [-0.4, -0.2) is 18.9 Å². The van der Waals surface area contributed by atoms with Gasteiger partial charge in [0.15, 0.2) is 0 Å². The van der Waals surface area contributed by atoms with Gasteiger partial charge in [-0.05, 0) is 54.4 Å². The van der Waals surface area contributed by atoms with Crippen LogP contribution in [0.25, 0.3) is 5.57 Å². The van der Waals surface area contributed by atoms with Gasteiger partial charge in [0.1, 0.15) is 17.3 Å². The number of para-hydroxylation sites is 1. The minimum Gasteiger partial charge on any atom is -0.495 e. The molecule has 0 aromatic heterocycles. The van der Waals surface area contributed by atoms with Gasteiger partial charge >= 0.3 is 0 Å².